The summed E-state index contributed by atoms with van der Waals surface area (Å²) in [7, 11) is 0. The highest BCUT2D eigenvalue weighted by molar-refractivity contribution is 5.98. The van der Waals surface area contributed by atoms with Crippen molar-refractivity contribution in [3.05, 3.63) is 71.5 Å². The molecule has 146 valence electrons. The molecule has 2 bridgehead atoms. The van der Waals surface area contributed by atoms with Crippen LogP contribution in [-0.2, 0) is 11.3 Å². The van der Waals surface area contributed by atoms with E-state index >= 15 is 0 Å². The average Bonchev–Trinajstić information content (AvgIpc) is 2.72. The third-order valence-electron chi connectivity index (χ3n) is 5.89. The predicted molar refractivity (Wildman–Crippen MR) is 103 cm³/mol. The van der Waals surface area contributed by atoms with Crippen LogP contribution in [0.5, 0.6) is 0 Å². The molecule has 2 atom stereocenters. The highest BCUT2D eigenvalue weighted by Gasteiger charge is 2.43. The summed E-state index contributed by atoms with van der Waals surface area (Å²) in [6, 6.07) is 15.4. The lowest BCUT2D eigenvalue weighted by atomic mass is 9.76. The first-order valence-electron chi connectivity index (χ1n) is 9.90. The first-order chi connectivity index (χ1) is 13.6. The zero-order chi connectivity index (χ0) is 19.5. The van der Waals surface area contributed by atoms with Gasteiger partial charge in [0, 0.05) is 23.6 Å². The fraction of sp³-hybridized carbons (Fsp3) is 0.391. The minimum Gasteiger partial charge on any atom is -0.445 e. The molecule has 2 saturated heterocycles. The van der Waals surface area contributed by atoms with Gasteiger partial charge >= 0.3 is 6.09 Å². The Morgan fingerprint density at radius 1 is 0.964 bits per heavy atom. The van der Waals surface area contributed by atoms with Gasteiger partial charge in [0.05, 0.1) is 0 Å². The van der Waals surface area contributed by atoms with Gasteiger partial charge in [0.25, 0.3) is 0 Å². The average molecular weight is 381 g/mol. The fourth-order valence-corrected chi connectivity index (χ4v) is 4.54. The number of nitrogens with zero attached hydrogens (tertiary/aromatic N) is 1. The van der Waals surface area contributed by atoms with E-state index < -0.39 is 0 Å². The molecule has 0 radical (unpaired) electrons. The zero-order valence-corrected chi connectivity index (χ0v) is 15.7. The minimum absolute atomic E-state index is 0.0326. The van der Waals surface area contributed by atoms with Crippen molar-refractivity contribution < 1.29 is 18.7 Å². The highest BCUT2D eigenvalue weighted by Crippen LogP contribution is 2.38. The van der Waals surface area contributed by atoms with Gasteiger partial charge in [0.1, 0.15) is 12.4 Å². The Morgan fingerprint density at radius 3 is 2.25 bits per heavy atom. The van der Waals surface area contributed by atoms with Gasteiger partial charge in [0.15, 0.2) is 5.78 Å². The van der Waals surface area contributed by atoms with E-state index in [9.17, 15) is 14.0 Å². The third-order valence-corrected chi connectivity index (χ3v) is 5.89. The normalized spacial score (nSPS) is 23.9. The molecule has 2 heterocycles. The Balaban J connectivity index is 1.42. The number of hydrogen-bond donors (Lipinski definition) is 0. The Hall–Kier alpha value is -2.69. The first-order valence-corrected chi connectivity index (χ1v) is 9.90. The van der Waals surface area contributed by atoms with E-state index in [2.05, 4.69) is 0 Å². The van der Waals surface area contributed by atoms with E-state index in [0.29, 0.717) is 18.4 Å². The van der Waals surface area contributed by atoms with Gasteiger partial charge in [-0.3, -0.25) is 4.79 Å². The van der Waals surface area contributed by atoms with Crippen molar-refractivity contribution in [3.63, 3.8) is 0 Å². The first kappa shape index (κ1) is 18.7. The molecule has 2 aliphatic rings. The number of Topliss-reactive ketones (excluding diaryl/α,β-unsaturated/α-hetero) is 1. The summed E-state index contributed by atoms with van der Waals surface area (Å²) in [5.41, 5.74) is 1.51. The van der Waals surface area contributed by atoms with Crippen molar-refractivity contribution in [2.75, 3.05) is 0 Å². The Kier molecular flexibility index (Phi) is 5.42. The van der Waals surface area contributed by atoms with Crippen LogP contribution in [-0.4, -0.2) is 28.9 Å². The third kappa shape index (κ3) is 3.93. The van der Waals surface area contributed by atoms with E-state index in [0.717, 1.165) is 24.8 Å². The van der Waals surface area contributed by atoms with Crippen LogP contribution in [0.25, 0.3) is 0 Å². The molecule has 2 aromatic carbocycles. The number of hydrogen-bond acceptors (Lipinski definition) is 3. The molecule has 0 saturated carbocycles. The largest absolute Gasteiger partial charge is 0.445 e. The summed E-state index contributed by atoms with van der Waals surface area (Å²) < 4.78 is 18.7. The summed E-state index contributed by atoms with van der Waals surface area (Å²) >= 11 is 0. The number of carbonyl (C=O) groups excluding carboxylic acids is 2. The number of halogens is 1. The number of benzene rings is 2. The van der Waals surface area contributed by atoms with Crippen molar-refractivity contribution in [2.45, 2.75) is 50.8 Å². The van der Waals surface area contributed by atoms with Crippen LogP contribution in [0.4, 0.5) is 9.18 Å². The van der Waals surface area contributed by atoms with Gasteiger partial charge in [-0.05, 0) is 61.9 Å². The van der Waals surface area contributed by atoms with Crippen molar-refractivity contribution in [1.29, 1.82) is 0 Å². The SMILES string of the molecule is O=C(c1ccc(F)cc1)C1CC2CCCC(C1)N2C(=O)OCc1ccccc1. The number of piperidine rings is 2. The highest BCUT2D eigenvalue weighted by atomic mass is 19.1. The van der Waals surface area contributed by atoms with E-state index in [-0.39, 0.29) is 42.3 Å². The lowest BCUT2D eigenvalue weighted by molar-refractivity contribution is 0.00472. The van der Waals surface area contributed by atoms with E-state index in [1.54, 1.807) is 12.1 Å². The van der Waals surface area contributed by atoms with Gasteiger partial charge in [-0.25, -0.2) is 9.18 Å². The number of ether oxygens (including phenoxy) is 1. The molecule has 5 heteroatoms. The van der Waals surface area contributed by atoms with E-state index in [1.165, 1.54) is 12.1 Å². The maximum Gasteiger partial charge on any atom is 0.410 e. The molecule has 2 aromatic rings. The maximum absolute atomic E-state index is 13.1. The number of carbonyl (C=O) groups is 2. The Labute approximate surface area is 164 Å². The lowest BCUT2D eigenvalue weighted by Crippen LogP contribution is -2.55. The molecule has 4 rings (SSSR count). The standard InChI is InChI=1S/C23H24FNO3/c24-19-11-9-17(10-12-19)22(26)18-13-20-7-4-8-21(14-18)25(20)23(27)28-15-16-5-2-1-3-6-16/h1-3,5-6,9-12,18,20-21H,4,7-8,13-15H2. The van der Waals surface area contributed by atoms with Crippen LogP contribution in [0.1, 0.15) is 48.0 Å². The summed E-state index contributed by atoms with van der Waals surface area (Å²) in [6.45, 7) is 0.257. The van der Waals surface area contributed by atoms with Gasteiger partial charge < -0.3 is 9.64 Å². The molecule has 1 amide bonds. The fourth-order valence-electron chi connectivity index (χ4n) is 4.54. The molecule has 2 unspecified atom stereocenters. The molecule has 28 heavy (non-hydrogen) atoms. The maximum atomic E-state index is 13.1. The van der Waals surface area contributed by atoms with Crippen LogP contribution in [0.15, 0.2) is 54.6 Å². The van der Waals surface area contributed by atoms with Gasteiger partial charge in [-0.2, -0.15) is 0 Å². The summed E-state index contributed by atoms with van der Waals surface area (Å²) in [6.07, 6.45) is 3.86. The Bertz CT molecular complexity index is 823. The molecule has 2 fully saturated rings. The molecule has 0 N–H and O–H groups in total. The number of ketones is 1. The molecule has 2 aliphatic heterocycles. The van der Waals surface area contributed by atoms with Gasteiger partial charge in [0.2, 0.25) is 0 Å². The van der Waals surface area contributed by atoms with Crippen molar-refractivity contribution in [3.8, 4) is 0 Å². The summed E-state index contributed by atoms with van der Waals surface area (Å²) in [4.78, 5) is 27.5. The van der Waals surface area contributed by atoms with Crippen LogP contribution >= 0.6 is 0 Å². The Morgan fingerprint density at radius 2 is 1.61 bits per heavy atom. The monoisotopic (exact) mass is 381 g/mol. The van der Waals surface area contributed by atoms with Crippen molar-refractivity contribution >= 4 is 11.9 Å². The number of amides is 1. The lowest BCUT2D eigenvalue weighted by Gasteiger charge is -2.47. The molecule has 4 nitrogen and oxygen atoms in total. The topological polar surface area (TPSA) is 46.6 Å². The van der Waals surface area contributed by atoms with Crippen LogP contribution in [0, 0.1) is 11.7 Å². The zero-order valence-electron chi connectivity index (χ0n) is 15.7. The second kappa shape index (κ2) is 8.13. The smallest absolute Gasteiger partial charge is 0.410 e. The summed E-state index contributed by atoms with van der Waals surface area (Å²) in [5, 5.41) is 0. The predicted octanol–water partition coefficient (Wildman–Crippen LogP) is 4.98. The van der Waals surface area contributed by atoms with Crippen LogP contribution < -0.4 is 0 Å². The molecule has 0 aliphatic carbocycles. The van der Waals surface area contributed by atoms with Gasteiger partial charge in [-0.1, -0.05) is 30.3 Å². The second-order valence-corrected chi connectivity index (χ2v) is 7.73. The van der Waals surface area contributed by atoms with Crippen molar-refractivity contribution in [2.24, 2.45) is 5.92 Å². The number of fused-ring (bicyclic) bond motifs is 2. The minimum atomic E-state index is -0.343. The van der Waals surface area contributed by atoms with Crippen molar-refractivity contribution in [1.82, 2.24) is 4.90 Å². The van der Waals surface area contributed by atoms with E-state index in [1.807, 2.05) is 35.2 Å². The molecular formula is C23H24FNO3. The van der Waals surface area contributed by atoms with Crippen LogP contribution in [0.3, 0.4) is 0 Å². The quantitative estimate of drug-likeness (QED) is 0.702. The summed E-state index contributed by atoms with van der Waals surface area (Å²) in [5.74, 6) is -0.419. The van der Waals surface area contributed by atoms with Crippen LogP contribution in [0.2, 0.25) is 0 Å². The molecule has 0 aromatic heterocycles. The molecule has 0 spiro atoms. The second-order valence-electron chi connectivity index (χ2n) is 7.73. The number of rotatable bonds is 4. The van der Waals surface area contributed by atoms with E-state index in [4.69, 9.17) is 4.74 Å². The van der Waals surface area contributed by atoms with Gasteiger partial charge in [-0.15, -0.1) is 0 Å². The molecular weight excluding hydrogens is 357 g/mol.